The van der Waals surface area contributed by atoms with Crippen molar-refractivity contribution >= 4 is 0 Å². The van der Waals surface area contributed by atoms with Gasteiger partial charge in [-0.1, -0.05) is 5.16 Å². The lowest BCUT2D eigenvalue weighted by molar-refractivity contribution is 0.217. The third-order valence-corrected chi connectivity index (χ3v) is 4.00. The summed E-state index contributed by atoms with van der Waals surface area (Å²) in [5.41, 5.74) is 2.26. The molecule has 2 aromatic rings. The Kier molecular flexibility index (Phi) is 3.38. The van der Waals surface area contributed by atoms with Crippen LogP contribution < -0.4 is 0 Å². The molecule has 0 spiro atoms. The van der Waals surface area contributed by atoms with Crippen LogP contribution in [0.1, 0.15) is 29.9 Å². The third-order valence-electron chi connectivity index (χ3n) is 4.00. The second kappa shape index (κ2) is 5.17. The maximum atomic E-state index is 5.25. The Balaban J connectivity index is 1.70. The molecule has 1 aliphatic rings. The van der Waals surface area contributed by atoms with E-state index in [4.69, 9.17) is 4.52 Å². The highest BCUT2D eigenvalue weighted by Crippen LogP contribution is 2.23. The third kappa shape index (κ3) is 2.56. The Hall–Kier alpha value is -1.62. The zero-order valence-corrected chi connectivity index (χ0v) is 11.5. The number of aryl methyl sites for hydroxylation is 2. The molecule has 0 aromatic carbocycles. The fourth-order valence-corrected chi connectivity index (χ4v) is 2.87. The van der Waals surface area contributed by atoms with Gasteiger partial charge in [0.2, 0.25) is 0 Å². The van der Waals surface area contributed by atoms with Gasteiger partial charge in [-0.2, -0.15) is 5.10 Å². The summed E-state index contributed by atoms with van der Waals surface area (Å²) in [6, 6.07) is 2.54. The van der Waals surface area contributed by atoms with Crippen molar-refractivity contribution in [1.29, 1.82) is 0 Å². The van der Waals surface area contributed by atoms with E-state index in [2.05, 4.69) is 15.2 Å². The molecule has 5 heteroatoms. The van der Waals surface area contributed by atoms with Crippen LogP contribution in [0.25, 0.3) is 0 Å². The maximum absolute atomic E-state index is 5.25. The summed E-state index contributed by atoms with van der Waals surface area (Å²) in [5.74, 6) is 0.947. The van der Waals surface area contributed by atoms with Crippen LogP contribution in [-0.2, 0) is 13.1 Å². The number of likely N-dealkylation sites (tertiary alicyclic amines) is 1. The maximum Gasteiger partial charge on any atom is 0.138 e. The highest BCUT2D eigenvalue weighted by atomic mass is 16.5. The molecule has 1 unspecified atom stereocenters. The van der Waals surface area contributed by atoms with Crippen molar-refractivity contribution in [3.63, 3.8) is 0 Å². The van der Waals surface area contributed by atoms with Gasteiger partial charge in [0.05, 0.1) is 12.2 Å². The highest BCUT2D eigenvalue weighted by molar-refractivity contribution is 5.20. The van der Waals surface area contributed by atoms with Crippen LogP contribution in [0.2, 0.25) is 0 Å². The first-order chi connectivity index (χ1) is 9.24. The molecular formula is C14H20N4O. The summed E-state index contributed by atoms with van der Waals surface area (Å²) >= 11 is 0. The van der Waals surface area contributed by atoms with Crippen molar-refractivity contribution in [3.05, 3.63) is 35.5 Å². The molecule has 1 aliphatic heterocycles. The number of hydrogen-bond donors (Lipinski definition) is 0. The van der Waals surface area contributed by atoms with Crippen LogP contribution in [0.5, 0.6) is 0 Å². The van der Waals surface area contributed by atoms with Crippen LogP contribution in [0.15, 0.2) is 23.0 Å². The van der Waals surface area contributed by atoms with Gasteiger partial charge in [-0.05, 0) is 39.3 Å². The quantitative estimate of drug-likeness (QED) is 0.845. The first-order valence-corrected chi connectivity index (χ1v) is 6.87. The minimum absolute atomic E-state index is 0.564. The molecule has 2 aromatic heterocycles. The molecule has 1 fully saturated rings. The predicted molar refractivity (Wildman–Crippen MR) is 71.6 cm³/mol. The zero-order valence-electron chi connectivity index (χ0n) is 11.5. The fourth-order valence-electron chi connectivity index (χ4n) is 2.87. The Morgan fingerprint density at radius 3 is 3.00 bits per heavy atom. The first kappa shape index (κ1) is 12.4. The van der Waals surface area contributed by atoms with E-state index < -0.39 is 0 Å². The van der Waals surface area contributed by atoms with Crippen LogP contribution in [0, 0.1) is 13.8 Å². The van der Waals surface area contributed by atoms with Gasteiger partial charge < -0.3 is 4.52 Å². The minimum Gasteiger partial charge on any atom is -0.361 e. The van der Waals surface area contributed by atoms with E-state index in [1.165, 1.54) is 18.4 Å². The molecule has 0 amide bonds. The smallest absolute Gasteiger partial charge is 0.138 e. The van der Waals surface area contributed by atoms with E-state index in [9.17, 15) is 0 Å². The topological polar surface area (TPSA) is 47.1 Å². The predicted octanol–water partition coefficient (Wildman–Crippen LogP) is 2.15. The monoisotopic (exact) mass is 260 g/mol. The molecule has 5 nitrogen and oxygen atoms in total. The van der Waals surface area contributed by atoms with Crippen molar-refractivity contribution in [2.45, 2.75) is 45.8 Å². The van der Waals surface area contributed by atoms with Crippen molar-refractivity contribution in [2.24, 2.45) is 0 Å². The van der Waals surface area contributed by atoms with Gasteiger partial charge in [0.15, 0.2) is 0 Å². The second-order valence-electron chi connectivity index (χ2n) is 5.30. The molecule has 0 N–H and O–H groups in total. The summed E-state index contributed by atoms with van der Waals surface area (Å²) in [6.07, 6.45) is 6.37. The van der Waals surface area contributed by atoms with Crippen molar-refractivity contribution in [2.75, 3.05) is 6.54 Å². The van der Waals surface area contributed by atoms with Gasteiger partial charge in [0.25, 0.3) is 0 Å². The van der Waals surface area contributed by atoms with Crippen molar-refractivity contribution in [1.82, 2.24) is 19.8 Å². The molecule has 19 heavy (non-hydrogen) atoms. The molecule has 1 saturated heterocycles. The summed E-state index contributed by atoms with van der Waals surface area (Å²) in [6.45, 7) is 7.07. The SMILES string of the molecule is Cc1noc(C)c1CN1CCCC1Cn1cccn1. The lowest BCUT2D eigenvalue weighted by Gasteiger charge is -2.24. The number of aromatic nitrogens is 3. The van der Waals surface area contributed by atoms with Gasteiger partial charge in [-0.3, -0.25) is 9.58 Å². The zero-order chi connectivity index (χ0) is 13.2. The summed E-state index contributed by atoms with van der Waals surface area (Å²) in [4.78, 5) is 2.52. The molecular weight excluding hydrogens is 240 g/mol. The van der Waals surface area contributed by atoms with Gasteiger partial charge >= 0.3 is 0 Å². The molecule has 0 radical (unpaired) electrons. The number of nitrogens with zero attached hydrogens (tertiary/aromatic N) is 4. The first-order valence-electron chi connectivity index (χ1n) is 6.87. The van der Waals surface area contributed by atoms with Gasteiger partial charge in [-0.15, -0.1) is 0 Å². The van der Waals surface area contributed by atoms with Gasteiger partial charge in [0, 0.05) is 30.5 Å². The van der Waals surface area contributed by atoms with Crippen LogP contribution >= 0.6 is 0 Å². The lowest BCUT2D eigenvalue weighted by Crippen LogP contribution is -2.33. The van der Waals surface area contributed by atoms with Gasteiger partial charge in [0.1, 0.15) is 5.76 Å². The average molecular weight is 260 g/mol. The normalized spacial score (nSPS) is 20.2. The lowest BCUT2D eigenvalue weighted by atomic mass is 10.1. The van der Waals surface area contributed by atoms with Crippen molar-refractivity contribution < 1.29 is 4.52 Å². The molecule has 102 valence electrons. The molecule has 3 heterocycles. The van der Waals surface area contributed by atoms with E-state index in [1.807, 2.05) is 37.0 Å². The van der Waals surface area contributed by atoms with E-state index >= 15 is 0 Å². The van der Waals surface area contributed by atoms with Gasteiger partial charge in [-0.25, -0.2) is 0 Å². The standard InChI is InChI=1S/C14H20N4O/c1-11-14(12(2)19-16-11)10-17-7-3-5-13(17)9-18-8-4-6-15-18/h4,6,8,13H,3,5,7,9-10H2,1-2H3. The molecule has 0 bridgehead atoms. The summed E-state index contributed by atoms with van der Waals surface area (Å²) in [7, 11) is 0. The molecule has 3 rings (SSSR count). The summed E-state index contributed by atoms with van der Waals surface area (Å²) < 4.78 is 7.28. The fraction of sp³-hybridized carbons (Fsp3) is 0.571. The minimum atomic E-state index is 0.564. The van der Waals surface area contributed by atoms with E-state index in [-0.39, 0.29) is 0 Å². The Labute approximate surface area is 113 Å². The molecule has 0 saturated carbocycles. The molecule has 1 atom stereocenters. The second-order valence-corrected chi connectivity index (χ2v) is 5.30. The largest absolute Gasteiger partial charge is 0.361 e. The summed E-state index contributed by atoms with van der Waals surface area (Å²) in [5, 5.41) is 8.35. The van der Waals surface area contributed by atoms with E-state index in [1.54, 1.807) is 0 Å². The van der Waals surface area contributed by atoms with Crippen LogP contribution in [-0.4, -0.2) is 32.4 Å². The highest BCUT2D eigenvalue weighted by Gasteiger charge is 2.26. The van der Waals surface area contributed by atoms with Crippen LogP contribution in [0.4, 0.5) is 0 Å². The number of rotatable bonds is 4. The Morgan fingerprint density at radius 1 is 1.42 bits per heavy atom. The number of hydrogen-bond acceptors (Lipinski definition) is 4. The molecule has 0 aliphatic carbocycles. The Bertz CT molecular complexity index is 512. The van der Waals surface area contributed by atoms with E-state index in [0.29, 0.717) is 6.04 Å². The van der Waals surface area contributed by atoms with Crippen molar-refractivity contribution in [3.8, 4) is 0 Å². The average Bonchev–Trinajstić information content (AvgIpc) is 3.10. The Morgan fingerprint density at radius 2 is 2.32 bits per heavy atom. The van der Waals surface area contributed by atoms with Crippen LogP contribution in [0.3, 0.4) is 0 Å². The van der Waals surface area contributed by atoms with E-state index in [0.717, 1.165) is 31.1 Å².